The summed E-state index contributed by atoms with van der Waals surface area (Å²) in [6, 6.07) is 0. The third-order valence-electron chi connectivity index (χ3n) is 4.53. The summed E-state index contributed by atoms with van der Waals surface area (Å²) >= 11 is 0. The van der Waals surface area contributed by atoms with E-state index in [2.05, 4.69) is 11.8 Å². The van der Waals surface area contributed by atoms with Crippen molar-refractivity contribution in [1.82, 2.24) is 4.90 Å². The molecule has 2 fully saturated rings. The van der Waals surface area contributed by atoms with Gasteiger partial charge in [-0.15, -0.1) is 0 Å². The van der Waals surface area contributed by atoms with Crippen molar-refractivity contribution in [3.05, 3.63) is 0 Å². The standard InChI is InChI=1S/C14H28N2O/c1-12-6-8-16(11-13(12)10-15)7-2-4-14-5-3-9-17-14/h12-14H,2-11,15H2,1H3. The Morgan fingerprint density at radius 2 is 2.24 bits per heavy atom. The smallest absolute Gasteiger partial charge is 0.0576 e. The van der Waals surface area contributed by atoms with Crippen molar-refractivity contribution in [3.63, 3.8) is 0 Å². The number of rotatable bonds is 5. The Bertz CT molecular complexity index is 216. The summed E-state index contributed by atoms with van der Waals surface area (Å²) in [6.07, 6.45) is 6.96. The number of nitrogens with two attached hydrogens (primary N) is 1. The van der Waals surface area contributed by atoms with Crippen LogP contribution in [0.15, 0.2) is 0 Å². The van der Waals surface area contributed by atoms with Crippen LogP contribution in [0.25, 0.3) is 0 Å². The number of nitrogens with zero attached hydrogens (tertiary/aromatic N) is 1. The number of ether oxygens (including phenoxy) is 1. The van der Waals surface area contributed by atoms with Gasteiger partial charge in [-0.3, -0.25) is 0 Å². The minimum absolute atomic E-state index is 0.559. The summed E-state index contributed by atoms with van der Waals surface area (Å²) < 4.78 is 5.66. The fraction of sp³-hybridized carbons (Fsp3) is 1.00. The lowest BCUT2D eigenvalue weighted by Crippen LogP contribution is -2.43. The number of hydrogen-bond acceptors (Lipinski definition) is 3. The molecule has 3 atom stereocenters. The van der Waals surface area contributed by atoms with E-state index in [9.17, 15) is 0 Å². The number of hydrogen-bond donors (Lipinski definition) is 1. The second-order valence-electron chi connectivity index (χ2n) is 5.84. The molecule has 0 amide bonds. The molecule has 2 saturated heterocycles. The second-order valence-corrected chi connectivity index (χ2v) is 5.84. The Morgan fingerprint density at radius 3 is 2.94 bits per heavy atom. The van der Waals surface area contributed by atoms with Gasteiger partial charge in [-0.05, 0) is 63.6 Å². The van der Waals surface area contributed by atoms with Crippen LogP contribution in [0.4, 0.5) is 0 Å². The number of likely N-dealkylation sites (tertiary alicyclic amines) is 1. The molecule has 0 aliphatic carbocycles. The van der Waals surface area contributed by atoms with Gasteiger partial charge in [0.1, 0.15) is 0 Å². The van der Waals surface area contributed by atoms with E-state index in [1.807, 2.05) is 0 Å². The van der Waals surface area contributed by atoms with Gasteiger partial charge in [0.15, 0.2) is 0 Å². The van der Waals surface area contributed by atoms with E-state index in [0.29, 0.717) is 12.0 Å². The highest BCUT2D eigenvalue weighted by molar-refractivity contribution is 4.78. The highest BCUT2D eigenvalue weighted by Gasteiger charge is 2.25. The lowest BCUT2D eigenvalue weighted by atomic mass is 9.87. The minimum atomic E-state index is 0.559. The van der Waals surface area contributed by atoms with Crippen molar-refractivity contribution >= 4 is 0 Å². The van der Waals surface area contributed by atoms with Crippen molar-refractivity contribution in [3.8, 4) is 0 Å². The zero-order chi connectivity index (χ0) is 12.1. The normalized spacial score (nSPS) is 35.3. The van der Waals surface area contributed by atoms with E-state index in [1.165, 1.54) is 51.7 Å². The summed E-state index contributed by atoms with van der Waals surface area (Å²) in [5, 5.41) is 0. The first kappa shape index (κ1) is 13.3. The van der Waals surface area contributed by atoms with Crippen molar-refractivity contribution in [2.24, 2.45) is 17.6 Å². The maximum Gasteiger partial charge on any atom is 0.0576 e. The van der Waals surface area contributed by atoms with Gasteiger partial charge in [-0.25, -0.2) is 0 Å². The van der Waals surface area contributed by atoms with Gasteiger partial charge >= 0.3 is 0 Å². The van der Waals surface area contributed by atoms with Gasteiger partial charge in [-0.2, -0.15) is 0 Å². The molecule has 0 radical (unpaired) electrons. The molecule has 0 aromatic heterocycles. The van der Waals surface area contributed by atoms with Gasteiger partial charge in [0.2, 0.25) is 0 Å². The Kier molecular flexibility index (Phi) is 5.26. The van der Waals surface area contributed by atoms with Gasteiger partial charge in [0.05, 0.1) is 6.10 Å². The van der Waals surface area contributed by atoms with E-state index >= 15 is 0 Å². The molecule has 0 spiro atoms. The van der Waals surface area contributed by atoms with Gasteiger partial charge < -0.3 is 15.4 Å². The van der Waals surface area contributed by atoms with E-state index in [0.717, 1.165) is 19.1 Å². The Morgan fingerprint density at radius 1 is 1.35 bits per heavy atom. The molecule has 2 aliphatic rings. The third kappa shape index (κ3) is 3.94. The summed E-state index contributed by atoms with van der Waals surface area (Å²) in [5.74, 6) is 1.53. The molecule has 0 aromatic rings. The van der Waals surface area contributed by atoms with Gasteiger partial charge in [-0.1, -0.05) is 6.92 Å². The Labute approximate surface area is 106 Å². The van der Waals surface area contributed by atoms with Crippen LogP contribution in [0.1, 0.15) is 39.0 Å². The van der Waals surface area contributed by atoms with Crippen LogP contribution in [-0.2, 0) is 4.74 Å². The average molecular weight is 240 g/mol. The van der Waals surface area contributed by atoms with Crippen LogP contribution >= 0.6 is 0 Å². The van der Waals surface area contributed by atoms with Crippen molar-refractivity contribution in [2.75, 3.05) is 32.8 Å². The summed E-state index contributed by atoms with van der Waals surface area (Å²) in [4.78, 5) is 2.60. The second kappa shape index (κ2) is 6.72. The molecule has 2 rings (SSSR count). The lowest BCUT2D eigenvalue weighted by molar-refractivity contribution is 0.0904. The van der Waals surface area contributed by atoms with E-state index in [-0.39, 0.29) is 0 Å². The highest BCUT2D eigenvalue weighted by atomic mass is 16.5. The molecule has 0 saturated carbocycles. The van der Waals surface area contributed by atoms with E-state index in [1.54, 1.807) is 0 Å². The molecular formula is C14H28N2O. The SMILES string of the molecule is CC1CCN(CCCC2CCCO2)CC1CN. The summed E-state index contributed by atoms with van der Waals surface area (Å²) in [5.41, 5.74) is 5.84. The van der Waals surface area contributed by atoms with Crippen molar-refractivity contribution in [2.45, 2.75) is 45.1 Å². The van der Waals surface area contributed by atoms with Crippen molar-refractivity contribution in [1.29, 1.82) is 0 Å². The molecule has 17 heavy (non-hydrogen) atoms. The first-order valence-electron chi connectivity index (χ1n) is 7.33. The van der Waals surface area contributed by atoms with E-state index < -0.39 is 0 Å². The van der Waals surface area contributed by atoms with Crippen molar-refractivity contribution < 1.29 is 4.74 Å². The maximum atomic E-state index is 5.84. The molecule has 100 valence electrons. The Balaban J connectivity index is 1.62. The topological polar surface area (TPSA) is 38.5 Å². The largest absolute Gasteiger partial charge is 0.378 e. The van der Waals surface area contributed by atoms with E-state index in [4.69, 9.17) is 10.5 Å². The molecule has 2 heterocycles. The molecule has 3 heteroatoms. The predicted octanol–water partition coefficient (Wildman–Crippen LogP) is 1.86. The monoisotopic (exact) mass is 240 g/mol. The first-order chi connectivity index (χ1) is 8.29. The summed E-state index contributed by atoms with van der Waals surface area (Å²) in [6.45, 7) is 7.90. The minimum Gasteiger partial charge on any atom is -0.378 e. The third-order valence-corrected chi connectivity index (χ3v) is 4.53. The lowest BCUT2D eigenvalue weighted by Gasteiger charge is -2.36. The quantitative estimate of drug-likeness (QED) is 0.797. The summed E-state index contributed by atoms with van der Waals surface area (Å²) in [7, 11) is 0. The Hall–Kier alpha value is -0.120. The molecule has 2 N–H and O–H groups in total. The average Bonchev–Trinajstić information content (AvgIpc) is 2.84. The van der Waals surface area contributed by atoms with Crippen LogP contribution in [0, 0.1) is 11.8 Å². The number of piperidine rings is 1. The molecule has 0 aromatic carbocycles. The van der Waals surface area contributed by atoms with Gasteiger partial charge in [0, 0.05) is 13.2 Å². The van der Waals surface area contributed by atoms with Gasteiger partial charge in [0.25, 0.3) is 0 Å². The molecule has 0 bridgehead atoms. The first-order valence-corrected chi connectivity index (χ1v) is 7.33. The predicted molar refractivity (Wildman–Crippen MR) is 71.0 cm³/mol. The van der Waals surface area contributed by atoms with Crippen LogP contribution < -0.4 is 5.73 Å². The van der Waals surface area contributed by atoms with Crippen LogP contribution in [0.5, 0.6) is 0 Å². The van der Waals surface area contributed by atoms with Crippen LogP contribution in [0.2, 0.25) is 0 Å². The van der Waals surface area contributed by atoms with Crippen LogP contribution in [-0.4, -0.2) is 43.8 Å². The molecule has 3 unspecified atom stereocenters. The zero-order valence-corrected chi connectivity index (χ0v) is 11.2. The highest BCUT2D eigenvalue weighted by Crippen LogP contribution is 2.23. The maximum absolute atomic E-state index is 5.84. The fourth-order valence-electron chi connectivity index (χ4n) is 3.15. The molecule has 2 aliphatic heterocycles. The zero-order valence-electron chi connectivity index (χ0n) is 11.2. The fourth-order valence-corrected chi connectivity index (χ4v) is 3.15. The van der Waals surface area contributed by atoms with Crippen LogP contribution in [0.3, 0.4) is 0 Å². The molecular weight excluding hydrogens is 212 g/mol. The molecule has 3 nitrogen and oxygen atoms in total.